The number of hydrogen-bond donors (Lipinski definition) is 0. The highest BCUT2D eigenvalue weighted by Crippen LogP contribution is 2.33. The number of nitrogens with zero attached hydrogens (tertiary/aromatic N) is 1. The first-order valence-electron chi connectivity index (χ1n) is 7.38. The van der Waals surface area contributed by atoms with Crippen LogP contribution in [-0.2, 0) is 4.74 Å². The number of Topliss-reactive ketones (excluding diaryl/α,β-unsaturated/α-hetero) is 1. The number of rotatable bonds is 4. The van der Waals surface area contributed by atoms with Crippen LogP contribution in [0.5, 0.6) is 0 Å². The molecule has 0 amide bonds. The molecule has 2 aromatic rings. The molecule has 0 radical (unpaired) electrons. The summed E-state index contributed by atoms with van der Waals surface area (Å²) in [5.41, 5.74) is 2.23. The lowest BCUT2D eigenvalue weighted by atomic mass is 9.94. The summed E-state index contributed by atoms with van der Waals surface area (Å²) >= 11 is 6.21. The van der Waals surface area contributed by atoms with Crippen molar-refractivity contribution in [3.05, 3.63) is 76.8 Å². The van der Waals surface area contributed by atoms with Crippen molar-refractivity contribution in [1.82, 2.24) is 0 Å². The molecule has 0 fully saturated rings. The Labute approximate surface area is 144 Å². The van der Waals surface area contributed by atoms with Crippen molar-refractivity contribution in [3.63, 3.8) is 0 Å². The maximum absolute atomic E-state index is 12.5. The van der Waals surface area contributed by atoms with Crippen LogP contribution in [0.4, 0.5) is 5.69 Å². The first kappa shape index (κ1) is 16.1. The predicted octanol–water partition coefficient (Wildman–Crippen LogP) is 4.39. The molecule has 0 N–H and O–H groups in total. The van der Waals surface area contributed by atoms with Crippen molar-refractivity contribution in [1.29, 1.82) is 0 Å². The van der Waals surface area contributed by atoms with Gasteiger partial charge < -0.3 is 4.74 Å². The van der Waals surface area contributed by atoms with E-state index in [1.807, 2.05) is 12.1 Å². The molecule has 2 aromatic carbocycles. The number of esters is 1. The molecule has 1 aliphatic rings. The van der Waals surface area contributed by atoms with Gasteiger partial charge in [-0.05, 0) is 18.2 Å². The van der Waals surface area contributed by atoms with Crippen LogP contribution >= 0.6 is 11.6 Å². The molecule has 3 rings (SSSR count). The third-order valence-corrected chi connectivity index (χ3v) is 3.98. The zero-order valence-corrected chi connectivity index (χ0v) is 13.5. The minimum atomic E-state index is -0.538. The summed E-state index contributed by atoms with van der Waals surface area (Å²) in [5.74, 6) is -0.642. The lowest BCUT2D eigenvalue weighted by Crippen LogP contribution is -2.17. The van der Waals surface area contributed by atoms with Crippen molar-refractivity contribution >= 4 is 34.8 Å². The van der Waals surface area contributed by atoms with Crippen molar-refractivity contribution < 1.29 is 14.3 Å². The van der Waals surface area contributed by atoms with E-state index >= 15 is 0 Å². The fraction of sp³-hybridized carbons (Fsp3) is 0.105. The minimum absolute atomic E-state index is 0.0948. The summed E-state index contributed by atoms with van der Waals surface area (Å²) in [6.07, 6.45) is 1.62. The van der Waals surface area contributed by atoms with E-state index in [0.29, 0.717) is 27.5 Å². The number of ether oxygens (including phenoxy) is 1. The molecule has 0 saturated heterocycles. The first-order chi connectivity index (χ1) is 11.6. The van der Waals surface area contributed by atoms with Gasteiger partial charge in [-0.15, -0.1) is 0 Å². The van der Waals surface area contributed by atoms with E-state index in [1.54, 1.807) is 30.3 Å². The van der Waals surface area contributed by atoms with E-state index in [-0.39, 0.29) is 24.4 Å². The predicted molar refractivity (Wildman–Crippen MR) is 93.5 cm³/mol. The number of fused-ring (bicyclic) bond motifs is 1. The van der Waals surface area contributed by atoms with Crippen LogP contribution in [0.15, 0.2) is 60.1 Å². The highest BCUT2D eigenvalue weighted by Gasteiger charge is 2.26. The molecule has 24 heavy (non-hydrogen) atoms. The Kier molecular flexibility index (Phi) is 4.58. The van der Waals surface area contributed by atoms with E-state index < -0.39 is 5.97 Å². The molecule has 5 heteroatoms. The average Bonchev–Trinajstić information content (AvgIpc) is 2.59. The summed E-state index contributed by atoms with van der Waals surface area (Å²) in [6.45, 7) is 3.61. The third kappa shape index (κ3) is 3.01. The summed E-state index contributed by atoms with van der Waals surface area (Å²) in [5, 5.41) is 0.513. The Morgan fingerprint density at radius 1 is 1.21 bits per heavy atom. The van der Waals surface area contributed by atoms with Crippen LogP contribution in [0.1, 0.15) is 32.7 Å². The Morgan fingerprint density at radius 2 is 1.96 bits per heavy atom. The van der Waals surface area contributed by atoms with Crippen LogP contribution < -0.4 is 0 Å². The second-order valence-electron chi connectivity index (χ2n) is 5.23. The van der Waals surface area contributed by atoms with Gasteiger partial charge in [0.15, 0.2) is 5.78 Å². The van der Waals surface area contributed by atoms with Gasteiger partial charge >= 0.3 is 5.97 Å². The lowest BCUT2D eigenvalue weighted by molar-refractivity contribution is 0.0550. The summed E-state index contributed by atoms with van der Waals surface area (Å²) < 4.78 is 5.08. The van der Waals surface area contributed by atoms with Gasteiger partial charge in [0, 0.05) is 16.1 Å². The van der Waals surface area contributed by atoms with E-state index in [2.05, 4.69) is 11.6 Å². The minimum Gasteiger partial charge on any atom is -0.458 e. The standard InChI is InChI=1S/C19H14ClNO3/c1-2-10-24-19(23)14-8-5-7-13-17(22)11-16(21-18(13)14)12-6-3-4-9-15(12)20/h2-9H,1,10-11H2. The number of aliphatic imine (C=N–C) groups is 1. The van der Waals surface area contributed by atoms with Crippen LogP contribution in [0, 0.1) is 0 Å². The molecule has 0 unspecified atom stereocenters. The van der Waals surface area contributed by atoms with Crippen LogP contribution in [0.25, 0.3) is 0 Å². The number of carbonyl (C=O) groups excluding carboxylic acids is 2. The van der Waals surface area contributed by atoms with E-state index in [1.165, 1.54) is 6.08 Å². The number of hydrogen-bond acceptors (Lipinski definition) is 4. The Balaban J connectivity index is 2.11. The Bertz CT molecular complexity index is 871. The summed E-state index contributed by atoms with van der Waals surface area (Å²) in [6, 6.07) is 12.1. The van der Waals surface area contributed by atoms with Gasteiger partial charge in [0.1, 0.15) is 6.61 Å². The molecule has 0 aliphatic carbocycles. The molecule has 0 aromatic heterocycles. The number of para-hydroxylation sites is 1. The van der Waals surface area contributed by atoms with Gasteiger partial charge in [-0.2, -0.15) is 0 Å². The number of benzene rings is 2. The molecule has 0 spiro atoms. The fourth-order valence-electron chi connectivity index (χ4n) is 2.54. The number of carbonyl (C=O) groups is 2. The summed E-state index contributed by atoms with van der Waals surface area (Å²) in [7, 11) is 0. The van der Waals surface area contributed by atoms with Crippen molar-refractivity contribution in [2.24, 2.45) is 4.99 Å². The normalized spacial score (nSPS) is 13.0. The molecule has 0 saturated carbocycles. The molecule has 0 atom stereocenters. The first-order valence-corrected chi connectivity index (χ1v) is 7.76. The second kappa shape index (κ2) is 6.81. The van der Waals surface area contributed by atoms with Crippen molar-refractivity contribution in [2.75, 3.05) is 6.61 Å². The van der Waals surface area contributed by atoms with Crippen LogP contribution in [0.3, 0.4) is 0 Å². The van der Waals surface area contributed by atoms with E-state index in [9.17, 15) is 9.59 Å². The third-order valence-electron chi connectivity index (χ3n) is 3.65. The van der Waals surface area contributed by atoms with Crippen LogP contribution in [0.2, 0.25) is 5.02 Å². The highest BCUT2D eigenvalue weighted by molar-refractivity contribution is 6.35. The van der Waals surface area contributed by atoms with E-state index in [4.69, 9.17) is 16.3 Å². The quantitative estimate of drug-likeness (QED) is 0.613. The molecule has 4 nitrogen and oxygen atoms in total. The van der Waals surface area contributed by atoms with Crippen molar-refractivity contribution in [2.45, 2.75) is 6.42 Å². The lowest BCUT2D eigenvalue weighted by Gasteiger charge is -2.17. The van der Waals surface area contributed by atoms with Gasteiger partial charge in [0.2, 0.25) is 0 Å². The van der Waals surface area contributed by atoms with Gasteiger partial charge in [-0.1, -0.05) is 48.5 Å². The smallest absolute Gasteiger partial charge is 0.340 e. The molecular weight excluding hydrogens is 326 g/mol. The Morgan fingerprint density at radius 3 is 2.71 bits per heavy atom. The van der Waals surface area contributed by atoms with E-state index in [0.717, 1.165) is 0 Å². The fourth-order valence-corrected chi connectivity index (χ4v) is 2.78. The SMILES string of the molecule is C=CCOC(=O)c1cccc2c1N=C(c1ccccc1Cl)CC2=O. The molecule has 1 aliphatic heterocycles. The van der Waals surface area contributed by atoms with Gasteiger partial charge in [-0.25, -0.2) is 4.79 Å². The topological polar surface area (TPSA) is 55.7 Å². The second-order valence-corrected chi connectivity index (χ2v) is 5.63. The van der Waals surface area contributed by atoms with Gasteiger partial charge in [0.25, 0.3) is 0 Å². The van der Waals surface area contributed by atoms with Gasteiger partial charge in [-0.3, -0.25) is 9.79 Å². The van der Waals surface area contributed by atoms with Crippen LogP contribution in [-0.4, -0.2) is 24.1 Å². The maximum atomic E-state index is 12.5. The molecule has 1 heterocycles. The largest absolute Gasteiger partial charge is 0.458 e. The highest BCUT2D eigenvalue weighted by atomic mass is 35.5. The zero-order valence-electron chi connectivity index (χ0n) is 12.8. The molecule has 120 valence electrons. The molecule has 0 bridgehead atoms. The number of ketones is 1. The monoisotopic (exact) mass is 339 g/mol. The van der Waals surface area contributed by atoms with Crippen molar-refractivity contribution in [3.8, 4) is 0 Å². The maximum Gasteiger partial charge on any atom is 0.340 e. The Hall–Kier alpha value is -2.72. The average molecular weight is 340 g/mol. The zero-order chi connectivity index (χ0) is 17.1. The number of halogens is 1. The molecular formula is C19H14ClNO3. The van der Waals surface area contributed by atoms with Gasteiger partial charge in [0.05, 0.1) is 23.4 Å². The summed E-state index contributed by atoms with van der Waals surface area (Å²) in [4.78, 5) is 29.2.